The van der Waals surface area contributed by atoms with E-state index >= 15 is 0 Å². The second-order valence-corrected chi connectivity index (χ2v) is 7.25. The Hall–Kier alpha value is -2.77. The molecule has 30 heavy (non-hydrogen) atoms. The van der Waals surface area contributed by atoms with Crippen molar-refractivity contribution < 1.29 is 19.0 Å². The Morgan fingerprint density at radius 2 is 1.70 bits per heavy atom. The van der Waals surface area contributed by atoms with E-state index in [1.54, 1.807) is 12.1 Å². The first-order valence-electron chi connectivity index (χ1n) is 9.69. The lowest BCUT2D eigenvalue weighted by molar-refractivity contribution is -0.131. The second kappa shape index (κ2) is 10.3. The fraction of sp³-hybridized carbons (Fsp3) is 0.364. The number of hydrazone groups is 1. The van der Waals surface area contributed by atoms with Crippen LogP contribution in [0.15, 0.2) is 41.5 Å². The Balaban J connectivity index is 1.66. The maximum Gasteiger partial charge on any atom is 0.273 e. The summed E-state index contributed by atoms with van der Waals surface area (Å²) in [7, 11) is 4.53. The molecular weight excluding hydrogens is 406 g/mol. The van der Waals surface area contributed by atoms with Crippen LogP contribution < -0.4 is 19.8 Å². The molecule has 1 amide bonds. The summed E-state index contributed by atoms with van der Waals surface area (Å²) in [5.74, 6) is 0.545. The van der Waals surface area contributed by atoms with Gasteiger partial charge in [-0.05, 0) is 42.7 Å². The highest BCUT2D eigenvalue weighted by molar-refractivity contribution is 6.33. The SMILES string of the molecule is COc1cc(/C=N/NC(=O)C(OC)c2ccc(N3CCCC3)cc2)cc(OC)c1Cl. The molecule has 8 heteroatoms. The van der Waals surface area contributed by atoms with Crippen LogP contribution >= 0.6 is 11.6 Å². The van der Waals surface area contributed by atoms with Crippen LogP contribution in [0.3, 0.4) is 0 Å². The van der Waals surface area contributed by atoms with Gasteiger partial charge in [-0.2, -0.15) is 5.10 Å². The Morgan fingerprint density at radius 1 is 1.10 bits per heavy atom. The third-order valence-corrected chi connectivity index (χ3v) is 5.37. The first-order chi connectivity index (χ1) is 14.6. The van der Waals surface area contributed by atoms with Gasteiger partial charge >= 0.3 is 0 Å². The Kier molecular flexibility index (Phi) is 7.54. The van der Waals surface area contributed by atoms with Crippen LogP contribution in [0.1, 0.15) is 30.1 Å². The molecule has 1 unspecified atom stereocenters. The van der Waals surface area contributed by atoms with E-state index in [4.69, 9.17) is 25.8 Å². The van der Waals surface area contributed by atoms with Crippen LogP contribution in [0.5, 0.6) is 11.5 Å². The number of carbonyl (C=O) groups excluding carboxylic acids is 1. The van der Waals surface area contributed by atoms with E-state index in [0.29, 0.717) is 22.1 Å². The first kappa shape index (κ1) is 21.9. The number of halogens is 1. The first-order valence-corrected chi connectivity index (χ1v) is 10.1. The van der Waals surface area contributed by atoms with E-state index < -0.39 is 6.10 Å². The number of anilines is 1. The molecule has 0 aromatic heterocycles. The number of amides is 1. The number of nitrogens with zero attached hydrogens (tertiary/aromatic N) is 2. The minimum Gasteiger partial charge on any atom is -0.495 e. The van der Waals surface area contributed by atoms with Crippen molar-refractivity contribution in [2.45, 2.75) is 18.9 Å². The van der Waals surface area contributed by atoms with Gasteiger partial charge in [0.25, 0.3) is 5.91 Å². The van der Waals surface area contributed by atoms with E-state index in [0.717, 1.165) is 24.3 Å². The van der Waals surface area contributed by atoms with E-state index in [9.17, 15) is 4.79 Å². The normalized spacial score (nSPS) is 14.7. The molecule has 0 bridgehead atoms. The zero-order valence-electron chi connectivity index (χ0n) is 17.4. The zero-order chi connectivity index (χ0) is 21.5. The summed E-state index contributed by atoms with van der Waals surface area (Å²) in [5, 5.41) is 4.40. The number of ether oxygens (including phenoxy) is 3. The van der Waals surface area contributed by atoms with Gasteiger partial charge in [0.2, 0.25) is 0 Å². The Morgan fingerprint density at radius 3 is 2.23 bits per heavy atom. The molecule has 7 nitrogen and oxygen atoms in total. The lowest BCUT2D eigenvalue weighted by Gasteiger charge is -2.19. The van der Waals surface area contributed by atoms with Crippen LogP contribution in [0, 0.1) is 0 Å². The second-order valence-electron chi connectivity index (χ2n) is 6.88. The number of benzene rings is 2. The van der Waals surface area contributed by atoms with Crippen LogP contribution in [0.2, 0.25) is 5.02 Å². The number of methoxy groups -OCH3 is 3. The standard InChI is InChI=1S/C22H26ClN3O4/c1-28-18-12-15(13-19(29-2)20(18)23)14-24-25-22(27)21(30-3)16-6-8-17(9-7-16)26-10-4-5-11-26/h6-9,12-14,21H,4-5,10-11H2,1-3H3,(H,25,27)/b24-14+. The molecule has 0 aliphatic carbocycles. The largest absolute Gasteiger partial charge is 0.495 e. The predicted molar refractivity (Wildman–Crippen MR) is 118 cm³/mol. The number of hydrogen-bond donors (Lipinski definition) is 1. The maximum absolute atomic E-state index is 12.6. The van der Waals surface area contributed by atoms with Crippen molar-refractivity contribution in [3.63, 3.8) is 0 Å². The summed E-state index contributed by atoms with van der Waals surface area (Å²) in [6.07, 6.45) is 3.16. The molecule has 2 aromatic rings. The highest BCUT2D eigenvalue weighted by atomic mass is 35.5. The third-order valence-electron chi connectivity index (χ3n) is 5.00. The zero-order valence-corrected chi connectivity index (χ0v) is 18.1. The third kappa shape index (κ3) is 5.04. The van der Waals surface area contributed by atoms with Crippen LogP contribution in [0.25, 0.3) is 0 Å². The van der Waals surface area contributed by atoms with Crippen molar-refractivity contribution in [2.75, 3.05) is 39.3 Å². The lowest BCUT2D eigenvalue weighted by Crippen LogP contribution is -2.26. The minimum absolute atomic E-state index is 0.365. The van der Waals surface area contributed by atoms with Gasteiger partial charge < -0.3 is 19.1 Å². The molecular formula is C22H26ClN3O4. The summed E-state index contributed by atoms with van der Waals surface area (Å²) in [4.78, 5) is 14.9. The number of hydrogen-bond acceptors (Lipinski definition) is 6. The van der Waals surface area contributed by atoms with Gasteiger partial charge in [-0.15, -0.1) is 0 Å². The molecule has 1 saturated heterocycles. The summed E-state index contributed by atoms with van der Waals surface area (Å²) in [6, 6.07) is 11.3. The Labute approximate surface area is 181 Å². The van der Waals surface area contributed by atoms with E-state index in [1.807, 2.05) is 24.3 Å². The number of nitrogens with one attached hydrogen (secondary N) is 1. The fourth-order valence-electron chi connectivity index (χ4n) is 3.42. The van der Waals surface area contributed by atoms with Gasteiger partial charge in [-0.1, -0.05) is 23.7 Å². The predicted octanol–water partition coefficient (Wildman–Crippen LogP) is 3.80. The lowest BCUT2D eigenvalue weighted by atomic mass is 10.1. The molecule has 0 spiro atoms. The molecule has 1 aliphatic heterocycles. The molecule has 0 radical (unpaired) electrons. The smallest absolute Gasteiger partial charge is 0.273 e. The molecule has 160 valence electrons. The molecule has 1 atom stereocenters. The topological polar surface area (TPSA) is 72.4 Å². The summed E-state index contributed by atoms with van der Waals surface area (Å²) >= 11 is 6.16. The van der Waals surface area contributed by atoms with Crippen molar-refractivity contribution in [3.8, 4) is 11.5 Å². The average Bonchev–Trinajstić information content (AvgIpc) is 3.30. The fourth-order valence-corrected chi connectivity index (χ4v) is 3.69. The summed E-state index contributed by atoms with van der Waals surface area (Å²) in [5.41, 5.74) is 5.11. The van der Waals surface area contributed by atoms with Gasteiger partial charge in [-0.25, -0.2) is 5.43 Å². The molecule has 1 fully saturated rings. The molecule has 0 saturated carbocycles. The van der Waals surface area contributed by atoms with Crippen molar-refractivity contribution in [1.82, 2.24) is 5.43 Å². The van der Waals surface area contributed by atoms with Crippen molar-refractivity contribution in [1.29, 1.82) is 0 Å². The van der Waals surface area contributed by atoms with Gasteiger partial charge in [0.1, 0.15) is 16.5 Å². The summed E-state index contributed by atoms with van der Waals surface area (Å²) in [6.45, 7) is 2.14. The summed E-state index contributed by atoms with van der Waals surface area (Å²) < 4.78 is 15.9. The molecule has 2 aromatic carbocycles. The van der Waals surface area contributed by atoms with Crippen molar-refractivity contribution >= 4 is 29.4 Å². The highest BCUT2D eigenvalue weighted by Crippen LogP contribution is 2.34. The van der Waals surface area contributed by atoms with Crippen molar-refractivity contribution in [3.05, 3.63) is 52.5 Å². The number of carbonyl (C=O) groups is 1. The van der Waals surface area contributed by atoms with E-state index in [1.165, 1.54) is 40.4 Å². The van der Waals surface area contributed by atoms with E-state index in [2.05, 4.69) is 15.4 Å². The molecule has 1 heterocycles. The van der Waals surface area contributed by atoms with Crippen molar-refractivity contribution in [2.24, 2.45) is 5.10 Å². The van der Waals surface area contributed by atoms with Crippen LogP contribution in [-0.2, 0) is 9.53 Å². The van der Waals surface area contributed by atoms with E-state index in [-0.39, 0.29) is 5.91 Å². The van der Waals surface area contributed by atoms with Crippen LogP contribution in [0.4, 0.5) is 5.69 Å². The highest BCUT2D eigenvalue weighted by Gasteiger charge is 2.20. The minimum atomic E-state index is -0.760. The van der Waals surface area contributed by atoms with Gasteiger partial charge in [0.15, 0.2) is 6.10 Å². The maximum atomic E-state index is 12.6. The monoisotopic (exact) mass is 431 g/mol. The van der Waals surface area contributed by atoms with Gasteiger partial charge in [0.05, 0.1) is 20.4 Å². The quantitative estimate of drug-likeness (QED) is 0.508. The molecule has 1 N–H and O–H groups in total. The average molecular weight is 432 g/mol. The van der Waals surface area contributed by atoms with Crippen LogP contribution in [-0.4, -0.2) is 46.5 Å². The molecule has 3 rings (SSSR count). The number of rotatable bonds is 8. The Bertz CT molecular complexity index is 871. The van der Waals surface area contributed by atoms with Gasteiger partial charge in [-0.3, -0.25) is 4.79 Å². The molecule has 1 aliphatic rings. The van der Waals surface area contributed by atoms with Gasteiger partial charge in [0, 0.05) is 31.5 Å².